The SMILES string of the molecule is C#CCC(=O)Oc1ccc(N2C(=O)CC(=C)C2=O)cc1. The van der Waals surface area contributed by atoms with Crippen LogP contribution in [0.5, 0.6) is 5.75 Å². The van der Waals surface area contributed by atoms with Crippen molar-refractivity contribution in [2.75, 3.05) is 4.90 Å². The minimum absolute atomic E-state index is 0.0255. The standard InChI is InChI=1S/C15H11NO4/c1-3-4-14(18)20-12-7-5-11(6-8-12)16-13(17)9-10(2)15(16)19/h1,5-8H,2,4,9H2. The molecular formula is C15H11NO4. The summed E-state index contributed by atoms with van der Waals surface area (Å²) in [5.41, 5.74) is 0.676. The Kier molecular flexibility index (Phi) is 3.67. The average Bonchev–Trinajstić information content (AvgIpc) is 2.65. The predicted octanol–water partition coefficient (Wildman–Crippen LogP) is 1.43. The van der Waals surface area contributed by atoms with Gasteiger partial charge in [-0.05, 0) is 24.3 Å². The third-order valence-corrected chi connectivity index (χ3v) is 2.69. The summed E-state index contributed by atoms with van der Waals surface area (Å²) in [4.78, 5) is 35.7. The fourth-order valence-corrected chi connectivity index (χ4v) is 1.78. The summed E-state index contributed by atoms with van der Waals surface area (Å²) in [5, 5.41) is 0. The molecule has 0 N–H and O–H groups in total. The van der Waals surface area contributed by atoms with Crippen molar-refractivity contribution in [2.24, 2.45) is 0 Å². The van der Waals surface area contributed by atoms with Crippen molar-refractivity contribution in [2.45, 2.75) is 12.8 Å². The molecule has 1 saturated heterocycles. The number of anilines is 1. The van der Waals surface area contributed by atoms with Gasteiger partial charge in [0.1, 0.15) is 12.2 Å². The molecule has 1 fully saturated rings. The molecule has 2 amide bonds. The summed E-state index contributed by atoms with van der Waals surface area (Å²) in [7, 11) is 0. The first-order valence-corrected chi connectivity index (χ1v) is 5.82. The Labute approximate surface area is 115 Å². The zero-order chi connectivity index (χ0) is 14.7. The van der Waals surface area contributed by atoms with Crippen molar-refractivity contribution < 1.29 is 19.1 Å². The first-order valence-electron chi connectivity index (χ1n) is 5.82. The van der Waals surface area contributed by atoms with E-state index in [1.165, 1.54) is 24.3 Å². The van der Waals surface area contributed by atoms with Gasteiger partial charge in [-0.25, -0.2) is 4.90 Å². The molecule has 0 unspecified atom stereocenters. The van der Waals surface area contributed by atoms with Gasteiger partial charge in [0.25, 0.3) is 5.91 Å². The van der Waals surface area contributed by atoms with Gasteiger partial charge >= 0.3 is 5.97 Å². The second-order valence-corrected chi connectivity index (χ2v) is 4.16. The molecule has 0 atom stereocenters. The Bertz CT molecular complexity index is 637. The maximum atomic E-state index is 11.8. The maximum absolute atomic E-state index is 11.8. The Morgan fingerprint density at radius 1 is 1.35 bits per heavy atom. The molecule has 5 heteroatoms. The number of rotatable bonds is 3. The first kappa shape index (κ1) is 13.6. The summed E-state index contributed by atoms with van der Waals surface area (Å²) < 4.78 is 4.96. The largest absolute Gasteiger partial charge is 0.426 e. The van der Waals surface area contributed by atoms with E-state index in [2.05, 4.69) is 12.5 Å². The Morgan fingerprint density at radius 2 is 2.00 bits per heavy atom. The lowest BCUT2D eigenvalue weighted by molar-refractivity contribution is -0.133. The molecule has 1 aliphatic heterocycles. The molecule has 2 rings (SSSR count). The van der Waals surface area contributed by atoms with Crippen LogP contribution in [0.25, 0.3) is 0 Å². The minimum atomic E-state index is -0.540. The number of terminal acetylenes is 1. The molecule has 0 saturated carbocycles. The van der Waals surface area contributed by atoms with Crippen molar-refractivity contribution in [1.29, 1.82) is 0 Å². The Hall–Kier alpha value is -2.87. The molecule has 0 spiro atoms. The topological polar surface area (TPSA) is 63.7 Å². The van der Waals surface area contributed by atoms with E-state index >= 15 is 0 Å². The molecule has 0 aliphatic carbocycles. The van der Waals surface area contributed by atoms with Gasteiger partial charge in [-0.3, -0.25) is 14.4 Å². The van der Waals surface area contributed by atoms with Crippen molar-refractivity contribution >= 4 is 23.5 Å². The number of hydrogen-bond donors (Lipinski definition) is 0. The number of ether oxygens (including phenoxy) is 1. The van der Waals surface area contributed by atoms with Gasteiger partial charge < -0.3 is 4.74 Å². The third-order valence-electron chi connectivity index (χ3n) is 2.69. The van der Waals surface area contributed by atoms with Crippen LogP contribution in [-0.4, -0.2) is 17.8 Å². The van der Waals surface area contributed by atoms with Crippen LogP contribution >= 0.6 is 0 Å². The van der Waals surface area contributed by atoms with E-state index in [0.29, 0.717) is 11.4 Å². The van der Waals surface area contributed by atoms with Gasteiger partial charge in [0.2, 0.25) is 5.91 Å². The molecule has 1 heterocycles. The van der Waals surface area contributed by atoms with Crippen LogP contribution in [0.15, 0.2) is 36.4 Å². The number of nitrogens with zero attached hydrogens (tertiary/aromatic N) is 1. The van der Waals surface area contributed by atoms with E-state index < -0.39 is 11.9 Å². The number of carbonyl (C=O) groups is 3. The normalized spacial score (nSPS) is 14.3. The third kappa shape index (κ3) is 2.59. The predicted molar refractivity (Wildman–Crippen MR) is 71.8 cm³/mol. The van der Waals surface area contributed by atoms with Gasteiger partial charge in [-0.15, -0.1) is 6.42 Å². The molecule has 1 aromatic carbocycles. The van der Waals surface area contributed by atoms with Gasteiger partial charge in [0, 0.05) is 5.57 Å². The Morgan fingerprint density at radius 3 is 2.50 bits per heavy atom. The number of amides is 2. The van der Waals surface area contributed by atoms with Gasteiger partial charge in [-0.1, -0.05) is 12.5 Å². The van der Waals surface area contributed by atoms with E-state index in [1.807, 2.05) is 0 Å². The Balaban J connectivity index is 2.15. The summed E-state index contributed by atoms with van der Waals surface area (Å²) in [6, 6.07) is 6.02. The van der Waals surface area contributed by atoms with Crippen LogP contribution in [0, 0.1) is 12.3 Å². The molecule has 0 bridgehead atoms. The van der Waals surface area contributed by atoms with Crippen LogP contribution in [0.1, 0.15) is 12.8 Å². The first-order chi connectivity index (χ1) is 9.52. The summed E-state index contributed by atoms with van der Waals surface area (Å²) >= 11 is 0. The van der Waals surface area contributed by atoms with Gasteiger partial charge in [0.15, 0.2) is 0 Å². The van der Waals surface area contributed by atoms with Crippen molar-refractivity contribution in [1.82, 2.24) is 0 Å². The van der Waals surface area contributed by atoms with Crippen LogP contribution in [0.4, 0.5) is 5.69 Å². The number of esters is 1. The van der Waals surface area contributed by atoms with Crippen molar-refractivity contribution in [3.05, 3.63) is 36.4 Å². The van der Waals surface area contributed by atoms with Crippen molar-refractivity contribution in [3.63, 3.8) is 0 Å². The number of hydrogen-bond acceptors (Lipinski definition) is 4. The smallest absolute Gasteiger partial charge is 0.323 e. The lowest BCUT2D eigenvalue weighted by atomic mass is 10.2. The van der Waals surface area contributed by atoms with Gasteiger partial charge in [-0.2, -0.15) is 0 Å². The quantitative estimate of drug-likeness (QED) is 0.274. The summed E-state index contributed by atoms with van der Waals surface area (Å²) in [6.07, 6.45) is 4.90. The van der Waals surface area contributed by atoms with E-state index in [1.54, 1.807) is 0 Å². The summed E-state index contributed by atoms with van der Waals surface area (Å²) in [5.74, 6) is 1.20. The van der Waals surface area contributed by atoms with Gasteiger partial charge in [0.05, 0.1) is 12.1 Å². The molecule has 5 nitrogen and oxygen atoms in total. The molecule has 100 valence electrons. The zero-order valence-corrected chi connectivity index (χ0v) is 10.6. The molecule has 1 aromatic rings. The van der Waals surface area contributed by atoms with Crippen LogP contribution in [-0.2, 0) is 14.4 Å². The minimum Gasteiger partial charge on any atom is -0.426 e. The molecule has 20 heavy (non-hydrogen) atoms. The number of imide groups is 1. The zero-order valence-electron chi connectivity index (χ0n) is 10.6. The fraction of sp³-hybridized carbons (Fsp3) is 0.133. The second kappa shape index (κ2) is 5.41. The van der Waals surface area contributed by atoms with E-state index in [4.69, 9.17) is 11.2 Å². The highest BCUT2D eigenvalue weighted by Gasteiger charge is 2.33. The highest BCUT2D eigenvalue weighted by atomic mass is 16.5. The molecule has 0 aromatic heterocycles. The van der Waals surface area contributed by atoms with Crippen molar-refractivity contribution in [3.8, 4) is 18.1 Å². The van der Waals surface area contributed by atoms with E-state index in [9.17, 15) is 14.4 Å². The molecular weight excluding hydrogens is 258 g/mol. The maximum Gasteiger partial charge on any atom is 0.323 e. The molecule has 1 aliphatic rings. The lowest BCUT2D eigenvalue weighted by Crippen LogP contribution is -2.28. The van der Waals surface area contributed by atoms with Crippen LogP contribution < -0.4 is 9.64 Å². The monoisotopic (exact) mass is 269 g/mol. The number of carbonyl (C=O) groups excluding carboxylic acids is 3. The second-order valence-electron chi connectivity index (χ2n) is 4.16. The molecule has 0 radical (unpaired) electrons. The average molecular weight is 269 g/mol. The lowest BCUT2D eigenvalue weighted by Gasteiger charge is -2.13. The number of benzene rings is 1. The van der Waals surface area contributed by atoms with E-state index in [0.717, 1.165) is 4.90 Å². The highest BCUT2D eigenvalue weighted by molar-refractivity contribution is 6.27. The highest BCUT2D eigenvalue weighted by Crippen LogP contribution is 2.26. The fourth-order valence-electron chi connectivity index (χ4n) is 1.78. The van der Waals surface area contributed by atoms with Crippen LogP contribution in [0.3, 0.4) is 0 Å². The van der Waals surface area contributed by atoms with Crippen LogP contribution in [0.2, 0.25) is 0 Å². The summed E-state index contributed by atoms with van der Waals surface area (Å²) in [6.45, 7) is 3.54. The van der Waals surface area contributed by atoms with E-state index in [-0.39, 0.29) is 24.3 Å².